The second-order valence-corrected chi connectivity index (χ2v) is 6.46. The lowest BCUT2D eigenvalue weighted by Gasteiger charge is -2.33. The van der Waals surface area contributed by atoms with Crippen molar-refractivity contribution in [2.24, 2.45) is 0 Å². The van der Waals surface area contributed by atoms with Gasteiger partial charge in [-0.25, -0.2) is 9.97 Å². The molecule has 1 aromatic heterocycles. The molecule has 0 saturated carbocycles. The number of nitrogens with zero attached hydrogens (tertiary/aromatic N) is 4. The molecule has 3 rings (SSSR count). The maximum atomic E-state index is 10.8. The van der Waals surface area contributed by atoms with Crippen LogP contribution in [0.4, 0.5) is 17.2 Å². The highest BCUT2D eigenvalue weighted by atomic mass is 35.5. The van der Waals surface area contributed by atoms with Crippen LogP contribution < -0.4 is 10.2 Å². The van der Waals surface area contributed by atoms with Gasteiger partial charge in [0.25, 0.3) is 5.69 Å². The monoisotopic (exact) mass is 361 g/mol. The van der Waals surface area contributed by atoms with Gasteiger partial charge in [0.1, 0.15) is 12.1 Å². The van der Waals surface area contributed by atoms with E-state index in [9.17, 15) is 10.1 Å². The summed E-state index contributed by atoms with van der Waals surface area (Å²) in [5.74, 6) is 0.971. The van der Waals surface area contributed by atoms with Crippen molar-refractivity contribution in [2.75, 3.05) is 23.3 Å². The number of rotatable bonds is 5. The molecule has 25 heavy (non-hydrogen) atoms. The number of aryl methyl sites for hydroxylation is 1. The summed E-state index contributed by atoms with van der Waals surface area (Å²) < 4.78 is 0. The van der Waals surface area contributed by atoms with E-state index in [1.807, 2.05) is 6.07 Å². The van der Waals surface area contributed by atoms with Crippen LogP contribution in [-0.4, -0.2) is 34.0 Å². The number of anilines is 2. The summed E-state index contributed by atoms with van der Waals surface area (Å²) in [5, 5.41) is 14.6. The highest BCUT2D eigenvalue weighted by Gasteiger charge is 2.21. The number of hydrogen-bond donors (Lipinski definition) is 1. The summed E-state index contributed by atoms with van der Waals surface area (Å²) in [6.07, 6.45) is 4.40. The van der Waals surface area contributed by atoms with Crippen molar-refractivity contribution in [3.8, 4) is 0 Å². The number of piperidine rings is 1. The van der Waals surface area contributed by atoms with Crippen molar-refractivity contribution in [1.29, 1.82) is 0 Å². The van der Waals surface area contributed by atoms with E-state index in [1.54, 1.807) is 12.4 Å². The molecule has 1 aliphatic heterocycles. The number of halogens is 1. The summed E-state index contributed by atoms with van der Waals surface area (Å²) in [5.41, 5.74) is 1.78. The molecule has 1 aliphatic rings. The lowest BCUT2D eigenvalue weighted by molar-refractivity contribution is -0.384. The maximum absolute atomic E-state index is 10.8. The Morgan fingerprint density at radius 1 is 1.32 bits per heavy atom. The van der Waals surface area contributed by atoms with Gasteiger partial charge in [-0.05, 0) is 25.3 Å². The van der Waals surface area contributed by atoms with Crippen LogP contribution in [0.3, 0.4) is 0 Å². The average molecular weight is 362 g/mol. The highest BCUT2D eigenvalue weighted by molar-refractivity contribution is 6.33. The lowest BCUT2D eigenvalue weighted by Crippen LogP contribution is -2.39. The summed E-state index contributed by atoms with van der Waals surface area (Å²) in [6.45, 7) is 3.86. The van der Waals surface area contributed by atoms with Gasteiger partial charge in [0.15, 0.2) is 0 Å². The fourth-order valence-electron chi connectivity index (χ4n) is 2.96. The third kappa shape index (κ3) is 4.17. The predicted octanol–water partition coefficient (Wildman–Crippen LogP) is 3.68. The molecule has 0 radical (unpaired) electrons. The van der Waals surface area contributed by atoms with Gasteiger partial charge in [0.2, 0.25) is 0 Å². The predicted molar refractivity (Wildman–Crippen MR) is 98.4 cm³/mol. The first-order chi connectivity index (χ1) is 12.1. The lowest BCUT2D eigenvalue weighted by atomic mass is 10.0. The van der Waals surface area contributed by atoms with Crippen LogP contribution in [-0.2, 0) is 6.42 Å². The molecule has 0 atom stereocenters. The molecule has 0 aliphatic carbocycles. The quantitative estimate of drug-likeness (QED) is 0.646. The normalized spacial score (nSPS) is 15.2. The van der Waals surface area contributed by atoms with Crippen molar-refractivity contribution in [3.05, 3.63) is 51.4 Å². The molecule has 1 N–H and O–H groups in total. The number of nitro benzene ring substituents is 1. The number of nitro groups is 1. The summed E-state index contributed by atoms with van der Waals surface area (Å²) in [7, 11) is 0. The number of non-ortho nitro benzene ring substituents is 1. The summed E-state index contributed by atoms with van der Waals surface area (Å²) in [4.78, 5) is 21.2. The topological polar surface area (TPSA) is 84.2 Å². The molecule has 2 aromatic rings. The second kappa shape index (κ2) is 7.65. The first kappa shape index (κ1) is 17.4. The van der Waals surface area contributed by atoms with Crippen molar-refractivity contribution < 1.29 is 4.92 Å². The van der Waals surface area contributed by atoms with Crippen LogP contribution in [0.2, 0.25) is 5.02 Å². The van der Waals surface area contributed by atoms with Crippen molar-refractivity contribution in [3.63, 3.8) is 0 Å². The summed E-state index contributed by atoms with van der Waals surface area (Å²) in [6, 6.07) is 6.84. The van der Waals surface area contributed by atoms with E-state index in [2.05, 4.69) is 27.1 Å². The molecule has 132 valence electrons. The minimum absolute atomic E-state index is 0.000795. The SMILES string of the molecule is CCc1cc(N2CCC(Nc3ccc([N+](=O)[O-])cc3Cl)CC2)ncn1. The molecule has 1 aromatic carbocycles. The van der Waals surface area contributed by atoms with Gasteiger partial charge in [0, 0.05) is 43.0 Å². The molecule has 2 heterocycles. The van der Waals surface area contributed by atoms with Gasteiger partial charge >= 0.3 is 0 Å². The smallest absolute Gasteiger partial charge is 0.271 e. The molecule has 0 spiro atoms. The molecule has 0 bridgehead atoms. The summed E-state index contributed by atoms with van der Waals surface area (Å²) >= 11 is 6.16. The van der Waals surface area contributed by atoms with Crippen LogP contribution >= 0.6 is 11.6 Å². The molecule has 0 amide bonds. The first-order valence-electron chi connectivity index (χ1n) is 8.33. The molecular weight excluding hydrogens is 342 g/mol. The minimum atomic E-state index is -0.444. The Hall–Kier alpha value is -2.41. The van der Waals surface area contributed by atoms with Gasteiger partial charge in [-0.15, -0.1) is 0 Å². The van der Waals surface area contributed by atoms with Gasteiger partial charge in [-0.2, -0.15) is 0 Å². The molecule has 8 heteroatoms. The molecule has 7 nitrogen and oxygen atoms in total. The van der Waals surface area contributed by atoms with Gasteiger partial charge in [0.05, 0.1) is 15.6 Å². The average Bonchev–Trinajstić information content (AvgIpc) is 2.64. The minimum Gasteiger partial charge on any atom is -0.381 e. The Morgan fingerprint density at radius 3 is 2.72 bits per heavy atom. The number of hydrogen-bond acceptors (Lipinski definition) is 6. The third-order valence-corrected chi connectivity index (χ3v) is 4.73. The van der Waals surface area contributed by atoms with Crippen molar-refractivity contribution in [1.82, 2.24) is 9.97 Å². The van der Waals surface area contributed by atoms with Crippen molar-refractivity contribution in [2.45, 2.75) is 32.2 Å². The fraction of sp³-hybridized carbons (Fsp3) is 0.412. The fourth-order valence-corrected chi connectivity index (χ4v) is 3.19. The van der Waals surface area contributed by atoms with Crippen LogP contribution in [0.1, 0.15) is 25.5 Å². The zero-order valence-corrected chi connectivity index (χ0v) is 14.7. The Morgan fingerprint density at radius 2 is 2.08 bits per heavy atom. The van der Waals surface area contributed by atoms with E-state index < -0.39 is 4.92 Å². The number of aromatic nitrogens is 2. The van der Waals surface area contributed by atoms with Gasteiger partial charge in [-0.3, -0.25) is 10.1 Å². The largest absolute Gasteiger partial charge is 0.381 e. The van der Waals surface area contributed by atoms with E-state index in [1.165, 1.54) is 12.1 Å². The third-order valence-electron chi connectivity index (χ3n) is 4.41. The van der Waals surface area contributed by atoms with Crippen LogP contribution in [0.15, 0.2) is 30.6 Å². The zero-order valence-electron chi connectivity index (χ0n) is 14.0. The van der Waals surface area contributed by atoms with Crippen LogP contribution in [0, 0.1) is 10.1 Å². The molecule has 1 saturated heterocycles. The van der Waals surface area contributed by atoms with Gasteiger partial charge < -0.3 is 10.2 Å². The zero-order chi connectivity index (χ0) is 17.8. The Labute approximate surface area is 151 Å². The first-order valence-corrected chi connectivity index (χ1v) is 8.71. The number of benzene rings is 1. The van der Waals surface area contributed by atoms with E-state index >= 15 is 0 Å². The van der Waals surface area contributed by atoms with Gasteiger partial charge in [-0.1, -0.05) is 18.5 Å². The van der Waals surface area contributed by atoms with Crippen LogP contribution in [0.5, 0.6) is 0 Å². The van der Waals surface area contributed by atoms with E-state index in [-0.39, 0.29) is 11.7 Å². The second-order valence-electron chi connectivity index (χ2n) is 6.05. The van der Waals surface area contributed by atoms with Crippen LogP contribution in [0.25, 0.3) is 0 Å². The van der Waals surface area contributed by atoms with E-state index in [0.29, 0.717) is 5.02 Å². The maximum Gasteiger partial charge on any atom is 0.271 e. The van der Waals surface area contributed by atoms with E-state index in [4.69, 9.17) is 11.6 Å². The Kier molecular flexibility index (Phi) is 5.33. The molecule has 0 unspecified atom stereocenters. The molecule has 1 fully saturated rings. The highest BCUT2D eigenvalue weighted by Crippen LogP contribution is 2.29. The molecular formula is C17H20ClN5O2. The van der Waals surface area contributed by atoms with Crippen molar-refractivity contribution >= 4 is 28.8 Å². The Bertz CT molecular complexity index is 762. The number of nitrogens with one attached hydrogen (secondary N) is 1. The Balaban J connectivity index is 1.60. The standard InChI is InChI=1S/C17H20ClN5O2/c1-2-12-9-17(20-11-19-12)22-7-5-13(6-8-22)21-16-4-3-14(23(24)25)10-15(16)18/h3-4,9-11,13,21H,2,5-8H2,1H3. The van der Waals surface area contributed by atoms with E-state index in [0.717, 1.165) is 49.6 Å².